The van der Waals surface area contributed by atoms with Crippen molar-refractivity contribution in [2.45, 2.75) is 26.7 Å². The van der Waals surface area contributed by atoms with Gasteiger partial charge in [-0.2, -0.15) is 0 Å². The molecule has 74 valence electrons. The zero-order valence-corrected chi connectivity index (χ0v) is 8.75. The third kappa shape index (κ3) is 3.53. The highest BCUT2D eigenvalue weighted by Crippen LogP contribution is 2.14. The van der Waals surface area contributed by atoms with Crippen LogP contribution in [0.15, 0.2) is 24.3 Å². The van der Waals surface area contributed by atoms with Crippen LogP contribution in [0.3, 0.4) is 0 Å². The number of hydrogen-bond donors (Lipinski definition) is 1. The largest absolute Gasteiger partial charge is 0.508 e. The summed E-state index contributed by atoms with van der Waals surface area (Å²) in [7, 11) is 0. The van der Waals surface area contributed by atoms with E-state index in [1.54, 1.807) is 12.1 Å². The maximum Gasteiger partial charge on any atom is 0.115 e. The van der Waals surface area contributed by atoms with Crippen molar-refractivity contribution in [1.82, 2.24) is 0 Å². The topological polar surface area (TPSA) is 20.2 Å². The van der Waals surface area contributed by atoms with Gasteiger partial charge in [0.15, 0.2) is 0 Å². The highest BCUT2D eigenvalue weighted by molar-refractivity contribution is 5.28. The number of benzene rings is 1. The zero-order valence-electron chi connectivity index (χ0n) is 8.75. The van der Waals surface area contributed by atoms with Crippen LogP contribution in [-0.2, 0) is 6.42 Å². The van der Waals surface area contributed by atoms with Crippen molar-refractivity contribution in [3.63, 3.8) is 0 Å². The van der Waals surface area contributed by atoms with Crippen LogP contribution in [-0.4, -0.2) is 5.11 Å². The molecule has 0 saturated carbocycles. The molecule has 0 saturated heterocycles. The molecule has 1 unspecified atom stereocenters. The highest BCUT2D eigenvalue weighted by atomic mass is 16.3. The summed E-state index contributed by atoms with van der Waals surface area (Å²) in [5, 5.41) is 9.27. The minimum Gasteiger partial charge on any atom is -0.508 e. The first-order chi connectivity index (χ1) is 6.72. The number of phenolic OH excluding ortho intramolecular Hbond substituents is 1. The summed E-state index contributed by atoms with van der Waals surface area (Å²) < 4.78 is 0. The quantitative estimate of drug-likeness (QED) is 0.707. The Morgan fingerprint density at radius 3 is 2.86 bits per heavy atom. The first-order valence-corrected chi connectivity index (χ1v) is 4.98. The Morgan fingerprint density at radius 2 is 2.21 bits per heavy atom. The molecule has 0 heterocycles. The first kappa shape index (κ1) is 10.7. The summed E-state index contributed by atoms with van der Waals surface area (Å²) in [6.07, 6.45) is 1.81. The molecule has 0 bridgehead atoms. The van der Waals surface area contributed by atoms with Crippen molar-refractivity contribution in [3.05, 3.63) is 29.8 Å². The van der Waals surface area contributed by atoms with Gasteiger partial charge in [-0.05, 0) is 24.1 Å². The van der Waals surface area contributed by atoms with Crippen LogP contribution in [0.1, 0.15) is 25.8 Å². The van der Waals surface area contributed by atoms with Crippen LogP contribution < -0.4 is 0 Å². The fraction of sp³-hybridized carbons (Fsp3) is 0.385. The average molecular weight is 188 g/mol. The number of hydrogen-bond acceptors (Lipinski definition) is 1. The van der Waals surface area contributed by atoms with Crippen LogP contribution in [0, 0.1) is 17.8 Å². The lowest BCUT2D eigenvalue weighted by Crippen LogP contribution is -1.95. The Balaban J connectivity index is 2.60. The highest BCUT2D eigenvalue weighted by Gasteiger charge is 2.00. The van der Waals surface area contributed by atoms with E-state index in [1.807, 2.05) is 19.1 Å². The van der Waals surface area contributed by atoms with Gasteiger partial charge in [0, 0.05) is 12.3 Å². The van der Waals surface area contributed by atoms with Gasteiger partial charge in [-0.15, -0.1) is 5.92 Å². The van der Waals surface area contributed by atoms with Crippen LogP contribution in [0.2, 0.25) is 0 Å². The molecule has 1 aromatic carbocycles. The van der Waals surface area contributed by atoms with Crippen LogP contribution in [0.25, 0.3) is 0 Å². The summed E-state index contributed by atoms with van der Waals surface area (Å²) in [6, 6.07) is 7.37. The summed E-state index contributed by atoms with van der Waals surface area (Å²) >= 11 is 0. The van der Waals surface area contributed by atoms with E-state index in [1.165, 1.54) is 0 Å². The number of aromatic hydroxyl groups is 1. The number of phenols is 1. The van der Waals surface area contributed by atoms with E-state index in [0.717, 1.165) is 18.4 Å². The van der Waals surface area contributed by atoms with E-state index < -0.39 is 0 Å². The number of rotatable bonds is 2. The summed E-state index contributed by atoms with van der Waals surface area (Å²) in [5.74, 6) is 6.93. The molecule has 1 aromatic rings. The molecule has 1 rings (SSSR count). The average Bonchev–Trinajstić information content (AvgIpc) is 2.15. The Labute approximate surface area is 85.8 Å². The van der Waals surface area contributed by atoms with E-state index in [0.29, 0.717) is 11.7 Å². The lowest BCUT2D eigenvalue weighted by atomic mass is 10.0. The molecule has 0 aliphatic heterocycles. The van der Waals surface area contributed by atoms with E-state index in [9.17, 15) is 5.11 Å². The van der Waals surface area contributed by atoms with Gasteiger partial charge in [0.2, 0.25) is 0 Å². The molecule has 14 heavy (non-hydrogen) atoms. The maximum absolute atomic E-state index is 9.27. The van der Waals surface area contributed by atoms with E-state index in [-0.39, 0.29) is 0 Å². The maximum atomic E-state index is 9.27. The first-order valence-electron chi connectivity index (χ1n) is 4.98. The molecule has 0 aliphatic carbocycles. The molecule has 0 radical (unpaired) electrons. The second kappa shape index (κ2) is 5.34. The summed E-state index contributed by atoms with van der Waals surface area (Å²) in [6.45, 7) is 4.15. The van der Waals surface area contributed by atoms with Crippen LogP contribution in [0.5, 0.6) is 5.75 Å². The Kier molecular flexibility index (Phi) is 4.07. The van der Waals surface area contributed by atoms with Gasteiger partial charge in [-0.1, -0.05) is 31.9 Å². The lowest BCUT2D eigenvalue weighted by molar-refractivity contribution is 0.474. The van der Waals surface area contributed by atoms with Gasteiger partial charge < -0.3 is 5.11 Å². The Hall–Kier alpha value is -1.42. The molecule has 1 atom stereocenters. The van der Waals surface area contributed by atoms with E-state index in [2.05, 4.69) is 18.8 Å². The normalized spacial score (nSPS) is 11.6. The van der Waals surface area contributed by atoms with E-state index in [4.69, 9.17) is 0 Å². The lowest BCUT2D eigenvalue weighted by Gasteiger charge is -2.04. The molecule has 0 spiro atoms. The monoisotopic (exact) mass is 188 g/mol. The van der Waals surface area contributed by atoms with Gasteiger partial charge in [0.05, 0.1) is 0 Å². The van der Waals surface area contributed by atoms with Gasteiger partial charge in [0.1, 0.15) is 5.75 Å². The standard InChI is InChI=1S/C13H16O/c1-3-4-6-11(2)9-12-7-5-8-13(14)10-12/h5,7-8,10-11,14H,3,9H2,1-2H3. The predicted molar refractivity (Wildman–Crippen MR) is 59.0 cm³/mol. The minimum atomic E-state index is 0.332. The molecule has 1 N–H and O–H groups in total. The van der Waals surface area contributed by atoms with Crippen molar-refractivity contribution in [2.75, 3.05) is 0 Å². The van der Waals surface area contributed by atoms with Crippen LogP contribution in [0.4, 0.5) is 0 Å². The molecule has 1 nitrogen and oxygen atoms in total. The molecule has 1 heteroatoms. The van der Waals surface area contributed by atoms with Crippen molar-refractivity contribution < 1.29 is 5.11 Å². The molecular formula is C13H16O. The van der Waals surface area contributed by atoms with Gasteiger partial charge >= 0.3 is 0 Å². The fourth-order valence-corrected chi connectivity index (χ4v) is 1.36. The Bertz CT molecular complexity index is 344. The van der Waals surface area contributed by atoms with Gasteiger partial charge in [-0.3, -0.25) is 0 Å². The predicted octanol–water partition coefficient (Wildman–Crippen LogP) is 2.98. The van der Waals surface area contributed by atoms with Gasteiger partial charge in [-0.25, -0.2) is 0 Å². The Morgan fingerprint density at radius 1 is 1.43 bits per heavy atom. The van der Waals surface area contributed by atoms with Crippen LogP contribution >= 0.6 is 0 Å². The minimum absolute atomic E-state index is 0.332. The summed E-state index contributed by atoms with van der Waals surface area (Å²) in [4.78, 5) is 0. The summed E-state index contributed by atoms with van der Waals surface area (Å²) in [5.41, 5.74) is 1.14. The molecular weight excluding hydrogens is 172 g/mol. The zero-order chi connectivity index (χ0) is 10.4. The molecule has 0 aliphatic rings. The van der Waals surface area contributed by atoms with Crippen molar-refractivity contribution in [2.24, 2.45) is 5.92 Å². The second-order valence-corrected chi connectivity index (χ2v) is 3.45. The molecule has 0 aromatic heterocycles. The molecule has 0 fully saturated rings. The third-order valence-electron chi connectivity index (χ3n) is 1.98. The van der Waals surface area contributed by atoms with Gasteiger partial charge in [0.25, 0.3) is 0 Å². The van der Waals surface area contributed by atoms with Crippen molar-refractivity contribution in [3.8, 4) is 17.6 Å². The second-order valence-electron chi connectivity index (χ2n) is 3.45. The van der Waals surface area contributed by atoms with Crippen molar-refractivity contribution >= 4 is 0 Å². The van der Waals surface area contributed by atoms with E-state index >= 15 is 0 Å². The SMILES string of the molecule is CCC#CC(C)Cc1cccc(O)c1. The molecule has 0 amide bonds. The fourth-order valence-electron chi connectivity index (χ4n) is 1.36. The van der Waals surface area contributed by atoms with Crippen molar-refractivity contribution in [1.29, 1.82) is 0 Å². The third-order valence-corrected chi connectivity index (χ3v) is 1.98. The smallest absolute Gasteiger partial charge is 0.115 e.